The summed E-state index contributed by atoms with van der Waals surface area (Å²) in [5.74, 6) is 2.36. The van der Waals surface area contributed by atoms with Crippen LogP contribution < -0.4 is 4.74 Å². The molecule has 2 aliphatic rings. The Kier molecular flexibility index (Phi) is 7.68. The molecular formula is C32H38N4O2. The normalized spacial score (nSPS) is 15.8. The third-order valence-corrected chi connectivity index (χ3v) is 7.56. The van der Waals surface area contributed by atoms with E-state index in [4.69, 9.17) is 4.74 Å². The van der Waals surface area contributed by atoms with Crippen molar-refractivity contribution in [2.45, 2.75) is 53.0 Å². The molecule has 38 heavy (non-hydrogen) atoms. The quantitative estimate of drug-likeness (QED) is 0.314. The first-order chi connectivity index (χ1) is 18.5. The Morgan fingerprint density at radius 1 is 0.921 bits per heavy atom. The SMILES string of the molecule is CC.Cc1nc2ccc(-c3cc(C)c4c(c3)CN(C(=O)N3CCC(c5ccccc5)CC3)CCO4)cc2[nH]1. The van der Waals surface area contributed by atoms with Gasteiger partial charge in [-0.2, -0.15) is 0 Å². The van der Waals surface area contributed by atoms with Crippen molar-refractivity contribution in [2.75, 3.05) is 26.2 Å². The van der Waals surface area contributed by atoms with Gasteiger partial charge < -0.3 is 19.5 Å². The van der Waals surface area contributed by atoms with E-state index in [1.165, 1.54) is 5.56 Å². The van der Waals surface area contributed by atoms with Crippen molar-refractivity contribution in [3.8, 4) is 16.9 Å². The number of benzene rings is 3. The van der Waals surface area contributed by atoms with Crippen LogP contribution >= 0.6 is 0 Å². The van der Waals surface area contributed by atoms with Crippen molar-refractivity contribution in [3.63, 3.8) is 0 Å². The van der Waals surface area contributed by atoms with Gasteiger partial charge in [0.15, 0.2) is 0 Å². The van der Waals surface area contributed by atoms with Crippen LogP contribution in [0.25, 0.3) is 22.2 Å². The van der Waals surface area contributed by atoms with Crippen LogP contribution in [0.15, 0.2) is 60.7 Å². The summed E-state index contributed by atoms with van der Waals surface area (Å²) in [4.78, 5) is 25.4. The van der Waals surface area contributed by atoms with Gasteiger partial charge in [0.1, 0.15) is 18.2 Å². The maximum absolute atomic E-state index is 13.5. The third kappa shape index (κ3) is 5.26. The smallest absolute Gasteiger partial charge is 0.320 e. The highest BCUT2D eigenvalue weighted by molar-refractivity contribution is 5.82. The van der Waals surface area contributed by atoms with E-state index in [1.807, 2.05) is 30.6 Å². The molecule has 0 unspecified atom stereocenters. The number of aryl methyl sites for hydroxylation is 2. The summed E-state index contributed by atoms with van der Waals surface area (Å²) >= 11 is 0. The molecule has 0 aliphatic carbocycles. The molecule has 198 valence electrons. The highest BCUT2D eigenvalue weighted by Crippen LogP contribution is 2.35. The van der Waals surface area contributed by atoms with Gasteiger partial charge in [0.25, 0.3) is 0 Å². The molecular weight excluding hydrogens is 472 g/mol. The summed E-state index contributed by atoms with van der Waals surface area (Å²) in [6, 6.07) is 21.5. The molecule has 2 amide bonds. The van der Waals surface area contributed by atoms with Gasteiger partial charge in [0.2, 0.25) is 0 Å². The summed E-state index contributed by atoms with van der Waals surface area (Å²) in [5, 5.41) is 0. The number of imidazole rings is 1. The number of nitrogens with one attached hydrogen (secondary N) is 1. The van der Waals surface area contributed by atoms with Crippen LogP contribution in [0.2, 0.25) is 0 Å². The first kappa shape index (κ1) is 25.8. The number of aromatic amines is 1. The van der Waals surface area contributed by atoms with Crippen LogP contribution in [0.4, 0.5) is 4.79 Å². The Balaban J connectivity index is 0.00000144. The number of H-pyrrole nitrogens is 1. The number of nitrogens with zero attached hydrogens (tertiary/aromatic N) is 3. The number of carbonyl (C=O) groups is 1. The van der Waals surface area contributed by atoms with E-state index in [2.05, 4.69) is 77.6 Å². The Morgan fingerprint density at radius 2 is 1.68 bits per heavy atom. The maximum atomic E-state index is 13.5. The second-order valence-corrected chi connectivity index (χ2v) is 10.1. The number of urea groups is 1. The van der Waals surface area contributed by atoms with Gasteiger partial charge >= 0.3 is 6.03 Å². The minimum absolute atomic E-state index is 0.121. The summed E-state index contributed by atoms with van der Waals surface area (Å²) in [6.45, 7) is 11.3. The molecule has 1 saturated heterocycles. The lowest BCUT2D eigenvalue weighted by atomic mass is 9.89. The van der Waals surface area contributed by atoms with Crippen LogP contribution in [0.5, 0.6) is 5.75 Å². The molecule has 6 heteroatoms. The number of amides is 2. The largest absolute Gasteiger partial charge is 0.491 e. The highest BCUT2D eigenvalue weighted by Gasteiger charge is 2.29. The van der Waals surface area contributed by atoms with Crippen LogP contribution in [0.3, 0.4) is 0 Å². The Bertz CT molecular complexity index is 1400. The van der Waals surface area contributed by atoms with E-state index in [0.717, 1.165) is 70.8 Å². The topological polar surface area (TPSA) is 61.5 Å². The summed E-state index contributed by atoms with van der Waals surface area (Å²) in [6.07, 6.45) is 2.02. The Hall–Kier alpha value is -3.80. The molecule has 0 spiro atoms. The van der Waals surface area contributed by atoms with Gasteiger partial charge in [0, 0.05) is 18.7 Å². The van der Waals surface area contributed by atoms with Crippen LogP contribution in [-0.2, 0) is 6.54 Å². The fourth-order valence-electron chi connectivity index (χ4n) is 5.69. The second kappa shape index (κ2) is 11.3. The predicted octanol–water partition coefficient (Wildman–Crippen LogP) is 7.07. The number of ether oxygens (including phenoxy) is 1. The van der Waals surface area contributed by atoms with Crippen molar-refractivity contribution in [1.82, 2.24) is 19.8 Å². The van der Waals surface area contributed by atoms with Gasteiger partial charge in [-0.15, -0.1) is 0 Å². The van der Waals surface area contributed by atoms with Crippen LogP contribution in [0, 0.1) is 13.8 Å². The standard InChI is InChI=1S/C30H32N4O2.C2H6/c1-20-16-25(24-8-9-27-28(18-24)32-21(2)31-27)17-26-19-34(14-15-36-29(20)26)30(35)33-12-10-23(11-13-33)22-6-4-3-5-7-22;1-2/h3-9,16-18,23H,10-15,19H2,1-2H3,(H,31,32);1-2H3. The predicted molar refractivity (Wildman–Crippen MR) is 154 cm³/mol. The van der Waals surface area contributed by atoms with E-state index in [0.29, 0.717) is 25.6 Å². The van der Waals surface area contributed by atoms with E-state index in [1.54, 1.807) is 0 Å². The lowest BCUT2D eigenvalue weighted by Gasteiger charge is -2.35. The second-order valence-electron chi connectivity index (χ2n) is 10.1. The summed E-state index contributed by atoms with van der Waals surface area (Å²) < 4.78 is 6.16. The molecule has 3 aromatic carbocycles. The van der Waals surface area contributed by atoms with Gasteiger partial charge in [0.05, 0.1) is 24.1 Å². The molecule has 6 nitrogen and oxygen atoms in total. The fourth-order valence-corrected chi connectivity index (χ4v) is 5.69. The molecule has 0 radical (unpaired) electrons. The van der Waals surface area contributed by atoms with Crippen LogP contribution in [0.1, 0.15) is 55.1 Å². The third-order valence-electron chi connectivity index (χ3n) is 7.56. The maximum Gasteiger partial charge on any atom is 0.320 e. The first-order valence-corrected chi connectivity index (χ1v) is 13.9. The lowest BCUT2D eigenvalue weighted by molar-refractivity contribution is 0.133. The number of rotatable bonds is 2. The molecule has 4 aromatic rings. The number of aromatic nitrogens is 2. The zero-order valence-corrected chi connectivity index (χ0v) is 23.0. The molecule has 6 rings (SSSR count). The number of likely N-dealkylation sites (tertiary alicyclic amines) is 1. The molecule has 0 atom stereocenters. The summed E-state index contributed by atoms with van der Waals surface area (Å²) in [5.41, 5.74) is 7.80. The highest BCUT2D eigenvalue weighted by atomic mass is 16.5. The monoisotopic (exact) mass is 510 g/mol. The molecule has 1 fully saturated rings. The van der Waals surface area contributed by atoms with Crippen molar-refractivity contribution in [2.24, 2.45) is 0 Å². The number of piperidine rings is 1. The first-order valence-electron chi connectivity index (χ1n) is 13.9. The number of carbonyl (C=O) groups excluding carboxylic acids is 1. The van der Waals surface area contributed by atoms with Crippen molar-refractivity contribution in [1.29, 1.82) is 0 Å². The average Bonchev–Trinajstić information content (AvgIpc) is 3.19. The van der Waals surface area contributed by atoms with Crippen molar-refractivity contribution >= 4 is 17.1 Å². The minimum Gasteiger partial charge on any atom is -0.491 e. The van der Waals surface area contributed by atoms with E-state index in [-0.39, 0.29) is 6.03 Å². The number of fused-ring (bicyclic) bond motifs is 2. The van der Waals surface area contributed by atoms with Gasteiger partial charge in [-0.1, -0.05) is 50.2 Å². The number of hydrogen-bond acceptors (Lipinski definition) is 3. The Labute approximate surface area is 225 Å². The zero-order valence-electron chi connectivity index (χ0n) is 23.0. The van der Waals surface area contributed by atoms with E-state index in [9.17, 15) is 4.79 Å². The molecule has 1 N–H and O–H groups in total. The zero-order chi connectivity index (χ0) is 26.6. The van der Waals surface area contributed by atoms with Crippen molar-refractivity contribution < 1.29 is 9.53 Å². The molecule has 1 aromatic heterocycles. The fraction of sp³-hybridized carbons (Fsp3) is 0.375. The Morgan fingerprint density at radius 3 is 2.45 bits per heavy atom. The number of hydrogen-bond donors (Lipinski definition) is 1. The molecule has 3 heterocycles. The molecule has 0 saturated carbocycles. The molecule has 0 bridgehead atoms. The van der Waals surface area contributed by atoms with Crippen molar-refractivity contribution in [3.05, 3.63) is 83.2 Å². The van der Waals surface area contributed by atoms with Gasteiger partial charge in [-0.25, -0.2) is 9.78 Å². The molecule has 2 aliphatic heterocycles. The van der Waals surface area contributed by atoms with E-state index < -0.39 is 0 Å². The summed E-state index contributed by atoms with van der Waals surface area (Å²) in [7, 11) is 0. The van der Waals surface area contributed by atoms with E-state index >= 15 is 0 Å². The average molecular weight is 511 g/mol. The van der Waals surface area contributed by atoms with Gasteiger partial charge in [-0.05, 0) is 79.1 Å². The lowest BCUT2D eigenvalue weighted by Crippen LogP contribution is -2.46. The minimum atomic E-state index is 0.121. The van der Waals surface area contributed by atoms with Crippen LogP contribution in [-0.4, -0.2) is 52.0 Å². The van der Waals surface area contributed by atoms with Gasteiger partial charge in [-0.3, -0.25) is 0 Å².